The number of nitriles is 1. The minimum absolute atomic E-state index is 0.0326. The molecule has 1 N–H and O–H groups in total. The maximum atomic E-state index is 11.7. The number of allylic oxidation sites excluding steroid dienone is 1. The van der Waals surface area contributed by atoms with Crippen LogP contribution in [0.1, 0.15) is 43.2 Å². The molecule has 0 saturated heterocycles. The fraction of sp³-hybridized carbons (Fsp3) is 0.500. The lowest BCUT2D eigenvalue weighted by molar-refractivity contribution is -0.386. The molecule has 0 aromatic heterocycles. The van der Waals surface area contributed by atoms with Crippen molar-refractivity contribution in [2.75, 3.05) is 20.2 Å². The molecule has 6 nitrogen and oxygen atoms in total. The van der Waals surface area contributed by atoms with Crippen LogP contribution >= 0.6 is 0 Å². The molecule has 3 rings (SSSR count). The van der Waals surface area contributed by atoms with Gasteiger partial charge in [-0.25, -0.2) is 0 Å². The third-order valence-corrected chi connectivity index (χ3v) is 5.09. The number of nitrogens with one attached hydrogen (secondary N) is 1. The Morgan fingerprint density at radius 3 is 2.75 bits per heavy atom. The van der Waals surface area contributed by atoms with Gasteiger partial charge in [-0.05, 0) is 50.3 Å². The van der Waals surface area contributed by atoms with Crippen LogP contribution in [-0.2, 0) is 5.41 Å². The normalized spacial score (nSPS) is 19.4. The molecule has 1 aromatic rings. The molecule has 0 radical (unpaired) electrons. The molecular formula is C18H21N3O3. The summed E-state index contributed by atoms with van der Waals surface area (Å²) in [6, 6.07) is 5.62. The monoisotopic (exact) mass is 327 g/mol. The van der Waals surface area contributed by atoms with Crippen LogP contribution in [0.4, 0.5) is 5.69 Å². The Kier molecular flexibility index (Phi) is 4.54. The van der Waals surface area contributed by atoms with E-state index in [0.717, 1.165) is 43.5 Å². The number of benzene rings is 1. The third kappa shape index (κ3) is 2.76. The zero-order valence-electron chi connectivity index (χ0n) is 13.8. The number of hydrogen-bond donors (Lipinski definition) is 1. The van der Waals surface area contributed by atoms with Gasteiger partial charge < -0.3 is 10.1 Å². The molecule has 24 heavy (non-hydrogen) atoms. The van der Waals surface area contributed by atoms with Gasteiger partial charge in [-0.15, -0.1) is 0 Å². The van der Waals surface area contributed by atoms with E-state index in [1.54, 1.807) is 19.2 Å². The van der Waals surface area contributed by atoms with Gasteiger partial charge in [0.25, 0.3) is 5.69 Å². The number of methoxy groups -OCH3 is 1. The fourth-order valence-electron chi connectivity index (χ4n) is 3.54. The average molecular weight is 327 g/mol. The SMILES string of the molecule is COc1cc(C2(C#N)CCC2)c([N+](=O)[O-])cc1C1=CCNCCC1. The minimum atomic E-state index is -0.742. The summed E-state index contributed by atoms with van der Waals surface area (Å²) in [6.07, 6.45) is 6.15. The smallest absolute Gasteiger partial charge is 0.275 e. The molecule has 1 aliphatic carbocycles. The predicted molar refractivity (Wildman–Crippen MR) is 90.9 cm³/mol. The number of nitro benzene ring substituents is 1. The molecule has 2 aliphatic rings. The first-order valence-electron chi connectivity index (χ1n) is 8.29. The van der Waals surface area contributed by atoms with Crippen LogP contribution in [0, 0.1) is 21.4 Å². The molecule has 0 spiro atoms. The van der Waals surface area contributed by atoms with Gasteiger partial charge in [-0.3, -0.25) is 10.1 Å². The standard InChI is InChI=1S/C18H21N3O3/c1-24-17-11-15(18(12-19)6-3-7-18)16(21(22)23)10-14(17)13-4-2-8-20-9-5-13/h5,10-11,20H,2-4,6-9H2,1H3. The van der Waals surface area contributed by atoms with Crippen LogP contribution in [0.15, 0.2) is 18.2 Å². The van der Waals surface area contributed by atoms with Crippen molar-refractivity contribution in [1.82, 2.24) is 5.32 Å². The van der Waals surface area contributed by atoms with Gasteiger partial charge in [0.2, 0.25) is 0 Å². The van der Waals surface area contributed by atoms with Crippen molar-refractivity contribution < 1.29 is 9.66 Å². The van der Waals surface area contributed by atoms with Crippen LogP contribution < -0.4 is 10.1 Å². The quantitative estimate of drug-likeness (QED) is 0.677. The second kappa shape index (κ2) is 6.62. The highest BCUT2D eigenvalue weighted by Gasteiger charge is 2.44. The number of ether oxygens (including phenoxy) is 1. The van der Waals surface area contributed by atoms with E-state index in [-0.39, 0.29) is 10.6 Å². The fourth-order valence-corrected chi connectivity index (χ4v) is 3.54. The first-order chi connectivity index (χ1) is 11.6. The Morgan fingerprint density at radius 2 is 2.17 bits per heavy atom. The lowest BCUT2D eigenvalue weighted by atomic mass is 9.65. The van der Waals surface area contributed by atoms with Crippen molar-refractivity contribution in [3.63, 3.8) is 0 Å². The Morgan fingerprint density at radius 1 is 1.38 bits per heavy atom. The first kappa shape index (κ1) is 16.5. The highest BCUT2D eigenvalue weighted by molar-refractivity contribution is 5.75. The highest BCUT2D eigenvalue weighted by atomic mass is 16.6. The van der Waals surface area contributed by atoms with E-state index in [4.69, 9.17) is 4.74 Å². The van der Waals surface area contributed by atoms with Gasteiger partial charge in [0.15, 0.2) is 0 Å². The molecule has 1 heterocycles. The van der Waals surface area contributed by atoms with Crippen molar-refractivity contribution in [2.45, 2.75) is 37.5 Å². The zero-order valence-corrected chi connectivity index (χ0v) is 13.8. The molecule has 0 amide bonds. The Bertz CT molecular complexity index is 730. The molecule has 1 fully saturated rings. The summed E-state index contributed by atoms with van der Waals surface area (Å²) in [4.78, 5) is 11.3. The maximum absolute atomic E-state index is 11.7. The first-order valence-corrected chi connectivity index (χ1v) is 8.29. The van der Waals surface area contributed by atoms with E-state index in [1.165, 1.54) is 0 Å². The molecule has 0 unspecified atom stereocenters. The van der Waals surface area contributed by atoms with E-state index >= 15 is 0 Å². The number of nitrogens with zero attached hydrogens (tertiary/aromatic N) is 2. The summed E-state index contributed by atoms with van der Waals surface area (Å²) in [5.41, 5.74) is 1.61. The van der Waals surface area contributed by atoms with Gasteiger partial charge in [-0.1, -0.05) is 6.08 Å². The molecule has 6 heteroatoms. The van der Waals surface area contributed by atoms with Crippen molar-refractivity contribution in [1.29, 1.82) is 5.26 Å². The van der Waals surface area contributed by atoms with Crippen LogP contribution in [0.5, 0.6) is 5.75 Å². The summed E-state index contributed by atoms with van der Waals surface area (Å²) in [6.45, 7) is 1.68. The van der Waals surface area contributed by atoms with E-state index < -0.39 is 5.41 Å². The van der Waals surface area contributed by atoms with Crippen molar-refractivity contribution >= 4 is 11.3 Å². The van der Waals surface area contributed by atoms with Crippen LogP contribution in [-0.4, -0.2) is 25.1 Å². The Labute approximate surface area is 141 Å². The Balaban J connectivity index is 2.15. The zero-order chi connectivity index (χ0) is 17.2. The van der Waals surface area contributed by atoms with E-state index in [0.29, 0.717) is 24.2 Å². The lowest BCUT2D eigenvalue weighted by Gasteiger charge is -2.35. The van der Waals surface area contributed by atoms with Gasteiger partial charge in [0, 0.05) is 18.2 Å². The number of nitro groups is 1. The molecule has 0 bridgehead atoms. The largest absolute Gasteiger partial charge is 0.496 e. The molecule has 1 aromatic carbocycles. The van der Waals surface area contributed by atoms with Crippen molar-refractivity contribution in [3.8, 4) is 11.8 Å². The third-order valence-electron chi connectivity index (χ3n) is 5.09. The van der Waals surface area contributed by atoms with Gasteiger partial charge in [0.1, 0.15) is 5.75 Å². The summed E-state index contributed by atoms with van der Waals surface area (Å²) >= 11 is 0. The topological polar surface area (TPSA) is 88.2 Å². The molecule has 1 saturated carbocycles. The van der Waals surface area contributed by atoms with Gasteiger partial charge in [0.05, 0.1) is 29.1 Å². The second-order valence-electron chi connectivity index (χ2n) is 6.41. The predicted octanol–water partition coefficient (Wildman–Crippen LogP) is 3.32. The minimum Gasteiger partial charge on any atom is -0.496 e. The lowest BCUT2D eigenvalue weighted by Crippen LogP contribution is -2.33. The number of rotatable bonds is 4. The second-order valence-corrected chi connectivity index (χ2v) is 6.41. The highest BCUT2D eigenvalue weighted by Crippen LogP contribution is 2.49. The van der Waals surface area contributed by atoms with Crippen molar-refractivity contribution in [2.24, 2.45) is 0 Å². The molecule has 0 atom stereocenters. The summed E-state index contributed by atoms with van der Waals surface area (Å²) in [7, 11) is 1.57. The van der Waals surface area contributed by atoms with Crippen LogP contribution in [0.25, 0.3) is 5.57 Å². The summed E-state index contributed by atoms with van der Waals surface area (Å²) < 4.78 is 5.53. The summed E-state index contributed by atoms with van der Waals surface area (Å²) in [5, 5.41) is 24.5. The van der Waals surface area contributed by atoms with E-state index in [9.17, 15) is 15.4 Å². The van der Waals surface area contributed by atoms with Gasteiger partial charge >= 0.3 is 0 Å². The molecule has 126 valence electrons. The average Bonchev–Trinajstić information content (AvgIpc) is 2.82. The number of hydrogen-bond acceptors (Lipinski definition) is 5. The molecule has 1 aliphatic heterocycles. The van der Waals surface area contributed by atoms with E-state index in [2.05, 4.69) is 17.5 Å². The Hall–Kier alpha value is -2.39. The van der Waals surface area contributed by atoms with Crippen molar-refractivity contribution in [3.05, 3.63) is 39.4 Å². The van der Waals surface area contributed by atoms with Crippen LogP contribution in [0.3, 0.4) is 0 Å². The van der Waals surface area contributed by atoms with E-state index in [1.807, 2.05) is 0 Å². The maximum Gasteiger partial charge on any atom is 0.275 e. The van der Waals surface area contributed by atoms with Crippen LogP contribution in [0.2, 0.25) is 0 Å². The van der Waals surface area contributed by atoms with Gasteiger partial charge in [-0.2, -0.15) is 5.26 Å². The summed E-state index contributed by atoms with van der Waals surface area (Å²) in [5.74, 6) is 0.616. The molecular weight excluding hydrogens is 306 g/mol.